The van der Waals surface area contributed by atoms with Gasteiger partial charge in [0.2, 0.25) is 0 Å². The predicted molar refractivity (Wildman–Crippen MR) is 69.2 cm³/mol. The van der Waals surface area contributed by atoms with Crippen molar-refractivity contribution in [1.82, 2.24) is 4.98 Å². The average molecular weight is 338 g/mol. The van der Waals surface area contributed by atoms with Crippen molar-refractivity contribution >= 4 is 56.7 Å². The monoisotopic (exact) mass is 337 g/mol. The Bertz CT molecular complexity index is 511. The first-order chi connectivity index (χ1) is 6.59. The van der Waals surface area contributed by atoms with E-state index in [0.29, 0.717) is 5.02 Å². The number of halogens is 3. The summed E-state index contributed by atoms with van der Waals surface area (Å²) < 4.78 is 1.02. The second kappa shape index (κ2) is 3.83. The molecule has 0 radical (unpaired) electrons. The maximum absolute atomic E-state index is 6.17. The normalized spacial score (nSPS) is 10.9. The van der Waals surface area contributed by atoms with Crippen LogP contribution in [0, 0.1) is 10.5 Å². The zero-order chi connectivity index (χ0) is 10.3. The number of nitrogens with zero attached hydrogens (tertiary/aromatic N) is 1. The number of benzene rings is 1. The van der Waals surface area contributed by atoms with Crippen LogP contribution in [0.3, 0.4) is 0 Å². The summed E-state index contributed by atoms with van der Waals surface area (Å²) in [4.78, 5) is 4.33. The summed E-state index contributed by atoms with van der Waals surface area (Å²) in [6, 6.07) is 3.73. The number of pyridine rings is 1. The highest BCUT2D eigenvalue weighted by atomic mass is 127. The molecular formula is C10H6Cl2IN. The SMILES string of the molecule is Cc1cnc2c(I)cc(Cl)cc2c1Cl. The molecule has 0 aliphatic carbocycles. The lowest BCUT2D eigenvalue weighted by Crippen LogP contribution is -1.87. The van der Waals surface area contributed by atoms with Crippen molar-refractivity contribution in [1.29, 1.82) is 0 Å². The molecule has 0 amide bonds. The first kappa shape index (κ1) is 10.5. The minimum absolute atomic E-state index is 0.691. The fourth-order valence-corrected chi connectivity index (χ4v) is 2.66. The summed E-state index contributed by atoms with van der Waals surface area (Å²) in [7, 11) is 0. The maximum atomic E-state index is 6.17. The molecule has 0 spiro atoms. The van der Waals surface area contributed by atoms with Crippen LogP contribution in [-0.2, 0) is 0 Å². The second-order valence-corrected chi connectivity index (χ2v) is 5.02. The van der Waals surface area contributed by atoms with Gasteiger partial charge < -0.3 is 0 Å². The maximum Gasteiger partial charge on any atom is 0.0851 e. The van der Waals surface area contributed by atoms with E-state index in [1.54, 1.807) is 6.20 Å². The van der Waals surface area contributed by atoms with Crippen LogP contribution in [0.1, 0.15) is 5.56 Å². The average Bonchev–Trinajstić information content (AvgIpc) is 2.12. The Balaban J connectivity index is 2.95. The van der Waals surface area contributed by atoms with E-state index in [2.05, 4.69) is 27.6 Å². The lowest BCUT2D eigenvalue weighted by molar-refractivity contribution is 1.33. The van der Waals surface area contributed by atoms with Crippen molar-refractivity contribution in [2.75, 3.05) is 0 Å². The molecule has 1 heterocycles. The second-order valence-electron chi connectivity index (χ2n) is 3.04. The third-order valence-electron chi connectivity index (χ3n) is 2.00. The Morgan fingerprint density at radius 3 is 2.71 bits per heavy atom. The Morgan fingerprint density at radius 1 is 1.29 bits per heavy atom. The van der Waals surface area contributed by atoms with Crippen LogP contribution in [0.5, 0.6) is 0 Å². The minimum atomic E-state index is 0.691. The number of fused-ring (bicyclic) bond motifs is 1. The Hall–Kier alpha value is -0.0600. The molecule has 0 saturated carbocycles. The Kier molecular flexibility index (Phi) is 2.86. The molecule has 2 aromatic rings. The van der Waals surface area contributed by atoms with Crippen molar-refractivity contribution in [3.8, 4) is 0 Å². The van der Waals surface area contributed by atoms with Gasteiger partial charge in [0.25, 0.3) is 0 Å². The molecule has 1 aromatic heterocycles. The van der Waals surface area contributed by atoms with E-state index >= 15 is 0 Å². The van der Waals surface area contributed by atoms with E-state index in [1.807, 2.05) is 19.1 Å². The van der Waals surface area contributed by atoms with Crippen molar-refractivity contribution in [2.24, 2.45) is 0 Å². The van der Waals surface area contributed by atoms with E-state index in [4.69, 9.17) is 23.2 Å². The van der Waals surface area contributed by atoms with Gasteiger partial charge in [0, 0.05) is 20.2 Å². The topological polar surface area (TPSA) is 12.9 Å². The van der Waals surface area contributed by atoms with Crippen LogP contribution in [-0.4, -0.2) is 4.98 Å². The summed E-state index contributed by atoms with van der Waals surface area (Å²) >= 11 is 14.3. The first-order valence-electron chi connectivity index (χ1n) is 3.99. The van der Waals surface area contributed by atoms with Gasteiger partial charge in [0.15, 0.2) is 0 Å². The van der Waals surface area contributed by atoms with Crippen molar-refractivity contribution < 1.29 is 0 Å². The summed E-state index contributed by atoms with van der Waals surface area (Å²) in [5.74, 6) is 0. The molecule has 14 heavy (non-hydrogen) atoms. The van der Waals surface area contributed by atoms with Gasteiger partial charge in [-0.2, -0.15) is 0 Å². The molecule has 0 aliphatic heterocycles. The van der Waals surface area contributed by atoms with Gasteiger partial charge >= 0.3 is 0 Å². The van der Waals surface area contributed by atoms with Gasteiger partial charge in [-0.1, -0.05) is 23.2 Å². The van der Waals surface area contributed by atoms with Crippen LogP contribution in [0.2, 0.25) is 10.0 Å². The van der Waals surface area contributed by atoms with Crippen molar-refractivity contribution in [2.45, 2.75) is 6.92 Å². The quantitative estimate of drug-likeness (QED) is 0.647. The van der Waals surface area contributed by atoms with Crippen LogP contribution in [0.4, 0.5) is 0 Å². The van der Waals surface area contributed by atoms with Gasteiger partial charge in [-0.05, 0) is 47.2 Å². The van der Waals surface area contributed by atoms with Gasteiger partial charge in [0.05, 0.1) is 10.5 Å². The molecular weight excluding hydrogens is 332 g/mol. The van der Waals surface area contributed by atoms with E-state index in [0.717, 1.165) is 25.1 Å². The van der Waals surface area contributed by atoms with Crippen LogP contribution in [0.15, 0.2) is 18.3 Å². The molecule has 2 rings (SSSR count). The fourth-order valence-electron chi connectivity index (χ4n) is 1.29. The fraction of sp³-hybridized carbons (Fsp3) is 0.100. The molecule has 0 N–H and O–H groups in total. The van der Waals surface area contributed by atoms with Crippen molar-refractivity contribution in [3.05, 3.63) is 37.5 Å². The zero-order valence-electron chi connectivity index (χ0n) is 7.31. The summed E-state index contributed by atoms with van der Waals surface area (Å²) in [6.45, 7) is 1.93. The van der Waals surface area contributed by atoms with Gasteiger partial charge in [-0.25, -0.2) is 0 Å². The third-order valence-corrected chi connectivity index (χ3v) is 3.54. The molecule has 0 atom stereocenters. The van der Waals surface area contributed by atoms with Crippen LogP contribution < -0.4 is 0 Å². The molecule has 0 unspecified atom stereocenters. The highest BCUT2D eigenvalue weighted by molar-refractivity contribution is 14.1. The number of aromatic nitrogens is 1. The molecule has 72 valence electrons. The molecule has 1 aromatic carbocycles. The van der Waals surface area contributed by atoms with Crippen LogP contribution in [0.25, 0.3) is 10.9 Å². The highest BCUT2D eigenvalue weighted by Crippen LogP contribution is 2.30. The number of aryl methyl sites for hydroxylation is 1. The van der Waals surface area contributed by atoms with Gasteiger partial charge in [-0.15, -0.1) is 0 Å². The standard InChI is InChI=1S/C10H6Cl2IN/c1-5-4-14-10-7(9(5)12)2-6(11)3-8(10)13/h2-4H,1H3. The molecule has 1 nitrogen and oxygen atoms in total. The third kappa shape index (κ3) is 1.71. The Morgan fingerprint density at radius 2 is 2.00 bits per heavy atom. The Labute approximate surface area is 106 Å². The molecule has 4 heteroatoms. The largest absolute Gasteiger partial charge is 0.255 e. The number of rotatable bonds is 0. The summed E-state index contributed by atoms with van der Waals surface area (Å²) in [5, 5.41) is 2.34. The molecule has 0 saturated heterocycles. The van der Waals surface area contributed by atoms with Crippen molar-refractivity contribution in [3.63, 3.8) is 0 Å². The first-order valence-corrected chi connectivity index (χ1v) is 5.83. The zero-order valence-corrected chi connectivity index (χ0v) is 11.0. The smallest absolute Gasteiger partial charge is 0.0851 e. The summed E-state index contributed by atoms with van der Waals surface area (Å²) in [6.07, 6.45) is 1.78. The number of hydrogen-bond acceptors (Lipinski definition) is 1. The lowest BCUT2D eigenvalue weighted by atomic mass is 10.2. The number of hydrogen-bond donors (Lipinski definition) is 0. The summed E-state index contributed by atoms with van der Waals surface area (Å²) in [5.41, 5.74) is 1.88. The van der Waals surface area contributed by atoms with Gasteiger partial charge in [-0.3, -0.25) is 4.98 Å². The van der Waals surface area contributed by atoms with E-state index in [-0.39, 0.29) is 0 Å². The van der Waals surface area contributed by atoms with E-state index in [1.165, 1.54) is 0 Å². The minimum Gasteiger partial charge on any atom is -0.255 e. The molecule has 0 bridgehead atoms. The van der Waals surface area contributed by atoms with E-state index < -0.39 is 0 Å². The van der Waals surface area contributed by atoms with Crippen LogP contribution >= 0.6 is 45.8 Å². The highest BCUT2D eigenvalue weighted by Gasteiger charge is 2.07. The lowest BCUT2D eigenvalue weighted by Gasteiger charge is -2.05. The predicted octanol–water partition coefficient (Wildman–Crippen LogP) is 4.45. The van der Waals surface area contributed by atoms with Gasteiger partial charge in [0.1, 0.15) is 0 Å². The van der Waals surface area contributed by atoms with E-state index in [9.17, 15) is 0 Å². The molecule has 0 fully saturated rings. The molecule has 0 aliphatic rings.